The van der Waals surface area contributed by atoms with Gasteiger partial charge < -0.3 is 10.1 Å². The van der Waals surface area contributed by atoms with E-state index < -0.39 is 5.60 Å². The average Bonchev–Trinajstić information content (AvgIpc) is 2.62. The molecule has 1 unspecified atom stereocenters. The number of rotatable bonds is 18. The van der Waals surface area contributed by atoms with Crippen LogP contribution in [0.15, 0.2) is 24.3 Å². The van der Waals surface area contributed by atoms with Gasteiger partial charge in [-0.05, 0) is 52.7 Å². The minimum atomic E-state index is -0.582. The lowest BCUT2D eigenvalue weighted by Crippen LogP contribution is -2.34. The summed E-state index contributed by atoms with van der Waals surface area (Å²) in [4.78, 5) is 12.0. The molecular formula is C24H46BrNO2. The van der Waals surface area contributed by atoms with Gasteiger partial charge in [-0.25, -0.2) is 0 Å². The van der Waals surface area contributed by atoms with E-state index in [4.69, 9.17) is 4.74 Å². The molecule has 0 fully saturated rings. The van der Waals surface area contributed by atoms with Crippen molar-refractivity contribution in [1.29, 1.82) is 0 Å². The summed E-state index contributed by atoms with van der Waals surface area (Å²) in [6.07, 6.45) is 18.9. The Morgan fingerprint density at radius 1 is 1.00 bits per heavy atom. The molecule has 0 spiro atoms. The first-order valence-corrected chi connectivity index (χ1v) is 11.1. The molecule has 0 saturated carbocycles. The number of nitrogens with one attached hydrogen (secondary N) is 1. The molecule has 0 aliphatic heterocycles. The summed E-state index contributed by atoms with van der Waals surface area (Å²) in [5, 5.41) is 3.21. The molecule has 0 saturated heterocycles. The number of ether oxygens (including phenoxy) is 1. The van der Waals surface area contributed by atoms with Gasteiger partial charge in [0.2, 0.25) is 0 Å². The molecule has 0 amide bonds. The Morgan fingerprint density at radius 3 is 2.04 bits per heavy atom. The first-order valence-electron chi connectivity index (χ1n) is 11.1. The molecule has 0 aromatic carbocycles. The standard InChI is InChI=1S/C24H45NO2.BrH/c1-6-8-9-10-11-12-13-14-15-16-20-25-21-23(26)27-24(5,7-2)19-17-18-22(3)4;/h7,18,25H,2,6,8-17,19-21H2,1,3-5H3;1H. The third-order valence-electron chi connectivity index (χ3n) is 4.95. The second kappa shape index (κ2) is 19.7. The van der Waals surface area contributed by atoms with Crippen LogP contribution in [0, 0.1) is 0 Å². The maximum atomic E-state index is 12.0. The Kier molecular flexibility index (Phi) is 20.8. The van der Waals surface area contributed by atoms with Gasteiger partial charge in [-0.3, -0.25) is 4.79 Å². The summed E-state index contributed by atoms with van der Waals surface area (Å²) in [7, 11) is 0. The van der Waals surface area contributed by atoms with E-state index in [-0.39, 0.29) is 29.5 Å². The average molecular weight is 461 g/mol. The number of halogens is 1. The highest BCUT2D eigenvalue weighted by Crippen LogP contribution is 2.20. The molecule has 0 heterocycles. The van der Waals surface area contributed by atoms with Crippen molar-refractivity contribution in [3.05, 3.63) is 24.3 Å². The van der Waals surface area contributed by atoms with Crippen LogP contribution in [0.1, 0.15) is 105 Å². The monoisotopic (exact) mass is 459 g/mol. The molecule has 3 nitrogen and oxygen atoms in total. The predicted octanol–water partition coefficient (Wildman–Crippen LogP) is 7.31. The quantitative estimate of drug-likeness (QED) is 0.132. The van der Waals surface area contributed by atoms with E-state index in [1.165, 1.54) is 63.4 Å². The Hall–Kier alpha value is -0.610. The Labute approximate surface area is 185 Å². The molecule has 0 rings (SSSR count). The molecule has 0 bridgehead atoms. The Bertz CT molecular complexity index is 419. The SMILES string of the molecule is Br.C=CC(C)(CCC=C(C)C)OC(=O)CNCCCCCCCCCCCC. The minimum Gasteiger partial charge on any atom is -0.454 e. The van der Waals surface area contributed by atoms with Gasteiger partial charge in [0.15, 0.2) is 0 Å². The molecule has 0 radical (unpaired) electrons. The second-order valence-corrected chi connectivity index (χ2v) is 8.17. The van der Waals surface area contributed by atoms with Crippen molar-refractivity contribution < 1.29 is 9.53 Å². The third-order valence-corrected chi connectivity index (χ3v) is 4.95. The summed E-state index contributed by atoms with van der Waals surface area (Å²) in [5.74, 6) is -0.193. The van der Waals surface area contributed by atoms with Gasteiger partial charge in [0.1, 0.15) is 5.60 Å². The van der Waals surface area contributed by atoms with E-state index in [1.54, 1.807) is 6.08 Å². The van der Waals surface area contributed by atoms with Gasteiger partial charge in [0.25, 0.3) is 0 Å². The number of allylic oxidation sites excluding steroid dienone is 2. The summed E-state index contributed by atoms with van der Waals surface area (Å²) in [5.41, 5.74) is 0.702. The molecule has 166 valence electrons. The smallest absolute Gasteiger partial charge is 0.320 e. The van der Waals surface area contributed by atoms with Crippen LogP contribution in [0.5, 0.6) is 0 Å². The van der Waals surface area contributed by atoms with E-state index in [2.05, 4.69) is 38.7 Å². The lowest BCUT2D eigenvalue weighted by atomic mass is 9.99. The van der Waals surface area contributed by atoms with Gasteiger partial charge in [-0.2, -0.15) is 0 Å². The zero-order valence-electron chi connectivity index (χ0n) is 19.0. The zero-order chi connectivity index (χ0) is 20.4. The fraction of sp³-hybridized carbons (Fsp3) is 0.792. The molecule has 0 aliphatic rings. The summed E-state index contributed by atoms with van der Waals surface area (Å²) in [6, 6.07) is 0. The maximum absolute atomic E-state index is 12.0. The molecule has 0 aromatic rings. The van der Waals surface area contributed by atoms with Gasteiger partial charge >= 0.3 is 5.97 Å². The van der Waals surface area contributed by atoms with E-state index in [1.807, 2.05) is 6.92 Å². The van der Waals surface area contributed by atoms with Crippen molar-refractivity contribution in [2.75, 3.05) is 13.1 Å². The Balaban J connectivity index is 0. The van der Waals surface area contributed by atoms with Gasteiger partial charge in [0.05, 0.1) is 6.54 Å². The van der Waals surface area contributed by atoms with Crippen LogP contribution in [0.25, 0.3) is 0 Å². The highest BCUT2D eigenvalue weighted by Gasteiger charge is 2.24. The van der Waals surface area contributed by atoms with Crippen LogP contribution in [-0.4, -0.2) is 24.7 Å². The number of hydrogen-bond donors (Lipinski definition) is 1. The second-order valence-electron chi connectivity index (χ2n) is 8.17. The number of esters is 1. The van der Waals surface area contributed by atoms with Crippen molar-refractivity contribution in [1.82, 2.24) is 5.32 Å². The van der Waals surface area contributed by atoms with E-state index in [0.717, 1.165) is 25.8 Å². The molecule has 28 heavy (non-hydrogen) atoms. The van der Waals surface area contributed by atoms with Gasteiger partial charge in [0, 0.05) is 0 Å². The van der Waals surface area contributed by atoms with Crippen LogP contribution in [-0.2, 0) is 9.53 Å². The highest BCUT2D eigenvalue weighted by molar-refractivity contribution is 8.93. The van der Waals surface area contributed by atoms with Gasteiger partial charge in [-0.15, -0.1) is 17.0 Å². The van der Waals surface area contributed by atoms with Gasteiger partial charge in [-0.1, -0.05) is 82.9 Å². The molecular weight excluding hydrogens is 414 g/mol. The normalized spacial score (nSPS) is 12.6. The molecule has 0 aromatic heterocycles. The molecule has 1 N–H and O–H groups in total. The number of carbonyl (C=O) groups excluding carboxylic acids is 1. The number of unbranched alkanes of at least 4 members (excludes halogenated alkanes) is 9. The van der Waals surface area contributed by atoms with E-state index in [0.29, 0.717) is 0 Å². The topological polar surface area (TPSA) is 38.3 Å². The number of hydrogen-bond acceptors (Lipinski definition) is 3. The Morgan fingerprint density at radius 2 is 1.54 bits per heavy atom. The lowest BCUT2D eigenvalue weighted by molar-refractivity contribution is -0.153. The summed E-state index contributed by atoms with van der Waals surface area (Å²) < 4.78 is 5.62. The van der Waals surface area contributed by atoms with Crippen molar-refractivity contribution in [2.45, 2.75) is 110 Å². The minimum absolute atomic E-state index is 0. The first-order chi connectivity index (χ1) is 12.9. The van der Waals surface area contributed by atoms with E-state index >= 15 is 0 Å². The highest BCUT2D eigenvalue weighted by atomic mass is 79.9. The lowest BCUT2D eigenvalue weighted by Gasteiger charge is -2.25. The van der Waals surface area contributed by atoms with Crippen molar-refractivity contribution >= 4 is 23.0 Å². The van der Waals surface area contributed by atoms with Crippen LogP contribution in [0.2, 0.25) is 0 Å². The third kappa shape index (κ3) is 18.7. The van der Waals surface area contributed by atoms with Crippen LogP contribution >= 0.6 is 17.0 Å². The van der Waals surface area contributed by atoms with E-state index in [9.17, 15) is 4.79 Å². The molecule has 0 aliphatic carbocycles. The predicted molar refractivity (Wildman–Crippen MR) is 128 cm³/mol. The van der Waals surface area contributed by atoms with Crippen LogP contribution in [0.4, 0.5) is 0 Å². The molecule has 1 atom stereocenters. The maximum Gasteiger partial charge on any atom is 0.320 e. The van der Waals surface area contributed by atoms with Crippen LogP contribution in [0.3, 0.4) is 0 Å². The summed E-state index contributed by atoms with van der Waals surface area (Å²) >= 11 is 0. The van der Waals surface area contributed by atoms with Crippen molar-refractivity contribution in [2.24, 2.45) is 0 Å². The fourth-order valence-electron chi connectivity index (χ4n) is 3.07. The van der Waals surface area contributed by atoms with Crippen molar-refractivity contribution in [3.63, 3.8) is 0 Å². The number of carbonyl (C=O) groups is 1. The zero-order valence-corrected chi connectivity index (χ0v) is 20.7. The largest absolute Gasteiger partial charge is 0.454 e. The van der Waals surface area contributed by atoms with Crippen molar-refractivity contribution in [3.8, 4) is 0 Å². The first kappa shape index (κ1) is 29.6. The van der Waals surface area contributed by atoms with Crippen LogP contribution < -0.4 is 5.32 Å². The fourth-order valence-corrected chi connectivity index (χ4v) is 3.07. The molecule has 4 heteroatoms. The summed E-state index contributed by atoms with van der Waals surface area (Å²) in [6.45, 7) is 13.3.